The van der Waals surface area contributed by atoms with Crippen molar-refractivity contribution in [2.75, 3.05) is 4.90 Å². The highest BCUT2D eigenvalue weighted by atomic mass is 35.5. The van der Waals surface area contributed by atoms with Crippen molar-refractivity contribution in [1.82, 2.24) is 0 Å². The fourth-order valence-corrected chi connectivity index (χ4v) is 4.78. The number of carbonyl (C=O) groups excluding carboxylic acids is 2. The molecule has 6 heteroatoms. The minimum Gasteiger partial charge on any atom is -0.294 e. The van der Waals surface area contributed by atoms with Crippen LogP contribution >= 0.6 is 34.8 Å². The van der Waals surface area contributed by atoms with E-state index in [0.717, 1.165) is 28.9 Å². The quantitative estimate of drug-likeness (QED) is 0.542. The van der Waals surface area contributed by atoms with E-state index >= 15 is 0 Å². The molecule has 1 amide bonds. The average Bonchev–Trinajstić information content (AvgIpc) is 2.66. The fraction of sp³-hybridized carbons (Fsp3) is 0.273. The van der Waals surface area contributed by atoms with Gasteiger partial charge in [0.1, 0.15) is 0 Å². The van der Waals surface area contributed by atoms with E-state index < -0.39 is 0 Å². The molecule has 0 aromatic heterocycles. The van der Waals surface area contributed by atoms with Crippen molar-refractivity contribution < 1.29 is 9.59 Å². The first-order valence-electron chi connectivity index (χ1n) is 9.18. The highest BCUT2D eigenvalue weighted by Crippen LogP contribution is 2.46. The van der Waals surface area contributed by atoms with Crippen LogP contribution in [0.25, 0.3) is 0 Å². The zero-order chi connectivity index (χ0) is 20.0. The Bertz CT molecular complexity index is 1030. The number of benzene rings is 2. The number of Topliss-reactive ketones (excluding diaryl/α,β-unsaturated/α-hetero) is 1. The molecule has 0 spiro atoms. The molecule has 0 saturated carbocycles. The van der Waals surface area contributed by atoms with Gasteiger partial charge in [-0.2, -0.15) is 0 Å². The van der Waals surface area contributed by atoms with Crippen LogP contribution in [0.2, 0.25) is 15.1 Å². The summed E-state index contributed by atoms with van der Waals surface area (Å²) in [5, 5.41) is 1.42. The lowest BCUT2D eigenvalue weighted by Crippen LogP contribution is -2.41. The molecule has 0 radical (unpaired) electrons. The molecule has 3 nitrogen and oxygen atoms in total. The molecule has 4 rings (SSSR count). The zero-order valence-electron chi connectivity index (χ0n) is 15.3. The third-order valence-electron chi connectivity index (χ3n) is 5.51. The molecular weight excluding hydrogens is 417 g/mol. The maximum Gasteiger partial charge on any atom is 0.232 e. The summed E-state index contributed by atoms with van der Waals surface area (Å²) < 4.78 is 0. The van der Waals surface area contributed by atoms with Gasteiger partial charge in [-0.3, -0.25) is 14.5 Å². The van der Waals surface area contributed by atoms with Crippen LogP contribution in [0.15, 0.2) is 47.7 Å². The molecule has 1 unspecified atom stereocenters. The van der Waals surface area contributed by atoms with Gasteiger partial charge in [0.2, 0.25) is 5.91 Å². The van der Waals surface area contributed by atoms with Crippen LogP contribution in [0.4, 0.5) is 5.69 Å². The largest absolute Gasteiger partial charge is 0.294 e. The summed E-state index contributed by atoms with van der Waals surface area (Å²) in [7, 11) is 0. The van der Waals surface area contributed by atoms with Gasteiger partial charge < -0.3 is 0 Å². The van der Waals surface area contributed by atoms with Crippen LogP contribution in [0.1, 0.15) is 42.7 Å². The van der Waals surface area contributed by atoms with Crippen LogP contribution in [0.5, 0.6) is 0 Å². The van der Waals surface area contributed by atoms with E-state index in [2.05, 4.69) is 0 Å². The number of carbonyl (C=O) groups is 2. The maximum absolute atomic E-state index is 13.3. The summed E-state index contributed by atoms with van der Waals surface area (Å²) in [6.45, 7) is 1.88. The Morgan fingerprint density at radius 2 is 1.68 bits per heavy atom. The van der Waals surface area contributed by atoms with Gasteiger partial charge >= 0.3 is 0 Å². The Hall–Kier alpha value is -1.81. The van der Waals surface area contributed by atoms with Gasteiger partial charge in [-0.15, -0.1) is 0 Å². The molecule has 0 fully saturated rings. The Morgan fingerprint density at radius 1 is 0.964 bits per heavy atom. The van der Waals surface area contributed by atoms with E-state index in [1.165, 1.54) is 0 Å². The molecule has 1 heterocycles. The lowest BCUT2D eigenvalue weighted by atomic mass is 9.77. The Kier molecular flexibility index (Phi) is 5.26. The van der Waals surface area contributed by atoms with Crippen molar-refractivity contribution in [2.24, 2.45) is 0 Å². The molecule has 0 bridgehead atoms. The van der Waals surface area contributed by atoms with Crippen LogP contribution in [0, 0.1) is 6.92 Å². The molecule has 144 valence electrons. The van der Waals surface area contributed by atoms with E-state index in [0.29, 0.717) is 33.5 Å². The minimum absolute atomic E-state index is 0.0690. The predicted molar refractivity (Wildman–Crippen MR) is 113 cm³/mol. The number of halogens is 3. The van der Waals surface area contributed by atoms with Crippen molar-refractivity contribution in [3.63, 3.8) is 0 Å². The van der Waals surface area contributed by atoms with Gasteiger partial charge in [0, 0.05) is 35.1 Å². The molecule has 0 saturated heterocycles. The number of nitrogens with zero attached hydrogens (tertiary/aromatic N) is 1. The molecule has 2 aromatic carbocycles. The summed E-state index contributed by atoms with van der Waals surface area (Å²) in [4.78, 5) is 27.9. The molecule has 0 N–H and O–H groups in total. The second-order valence-corrected chi connectivity index (χ2v) is 8.34. The number of hydrogen-bond donors (Lipinski definition) is 0. The SMILES string of the molecule is Cc1c(Cl)cccc1N1C(=O)CC(c2cccc(Cl)c2Cl)C2=C1CCCC2=O. The second-order valence-electron chi connectivity index (χ2n) is 7.15. The van der Waals surface area contributed by atoms with Crippen molar-refractivity contribution in [3.8, 4) is 0 Å². The second kappa shape index (κ2) is 7.55. The van der Waals surface area contributed by atoms with Gasteiger partial charge in [-0.1, -0.05) is 53.0 Å². The predicted octanol–water partition coefficient (Wildman–Crippen LogP) is 6.48. The molecular formula is C22H18Cl3NO2. The molecule has 2 aromatic rings. The summed E-state index contributed by atoms with van der Waals surface area (Å²) in [5.74, 6) is -0.378. The summed E-state index contributed by atoms with van der Waals surface area (Å²) in [5.41, 5.74) is 3.72. The first-order valence-corrected chi connectivity index (χ1v) is 10.3. The number of anilines is 1. The van der Waals surface area contributed by atoms with Crippen LogP contribution < -0.4 is 4.90 Å². The van der Waals surface area contributed by atoms with Gasteiger partial charge in [-0.05, 0) is 49.1 Å². The molecule has 2 aliphatic rings. The number of hydrogen-bond acceptors (Lipinski definition) is 2. The Balaban J connectivity index is 1.92. The molecule has 1 aliphatic heterocycles. The summed E-state index contributed by atoms with van der Waals surface area (Å²) in [6.07, 6.45) is 2.02. The minimum atomic E-state index is -0.378. The maximum atomic E-state index is 13.3. The van der Waals surface area contributed by atoms with Gasteiger partial charge in [0.15, 0.2) is 5.78 Å². The zero-order valence-corrected chi connectivity index (χ0v) is 17.5. The standard InChI is InChI=1S/C22H18Cl3NO2/c1-12-15(23)6-3-8-17(12)26-18-9-4-10-19(27)21(18)14(11-20(26)28)13-5-2-7-16(24)22(13)25/h2-3,5-8,14H,4,9-11H2,1H3. The Morgan fingerprint density at radius 3 is 2.46 bits per heavy atom. The lowest BCUT2D eigenvalue weighted by molar-refractivity contribution is -0.119. The van der Waals surface area contributed by atoms with Gasteiger partial charge in [0.05, 0.1) is 15.7 Å². The normalized spacial score (nSPS) is 19.9. The van der Waals surface area contributed by atoms with E-state index in [1.807, 2.05) is 25.1 Å². The van der Waals surface area contributed by atoms with Crippen molar-refractivity contribution in [1.29, 1.82) is 0 Å². The number of rotatable bonds is 2. The van der Waals surface area contributed by atoms with E-state index in [-0.39, 0.29) is 24.0 Å². The van der Waals surface area contributed by atoms with Crippen LogP contribution in [-0.4, -0.2) is 11.7 Å². The summed E-state index contributed by atoms with van der Waals surface area (Å²) in [6, 6.07) is 10.8. The first-order chi connectivity index (χ1) is 13.4. The van der Waals surface area contributed by atoms with Crippen molar-refractivity contribution in [3.05, 3.63) is 73.9 Å². The monoisotopic (exact) mass is 433 g/mol. The molecule has 1 atom stereocenters. The van der Waals surface area contributed by atoms with E-state index in [9.17, 15) is 9.59 Å². The number of allylic oxidation sites excluding steroid dienone is 2. The highest BCUT2D eigenvalue weighted by molar-refractivity contribution is 6.42. The fourth-order valence-electron chi connectivity index (χ4n) is 4.17. The molecule has 28 heavy (non-hydrogen) atoms. The lowest BCUT2D eigenvalue weighted by Gasteiger charge is -2.39. The van der Waals surface area contributed by atoms with Crippen molar-refractivity contribution >= 4 is 52.2 Å². The third kappa shape index (κ3) is 3.16. The number of ketones is 1. The van der Waals surface area contributed by atoms with E-state index in [4.69, 9.17) is 34.8 Å². The highest BCUT2D eigenvalue weighted by Gasteiger charge is 2.40. The smallest absolute Gasteiger partial charge is 0.232 e. The van der Waals surface area contributed by atoms with Gasteiger partial charge in [0.25, 0.3) is 0 Å². The summed E-state index contributed by atoms with van der Waals surface area (Å²) >= 11 is 18.9. The third-order valence-corrected chi connectivity index (χ3v) is 6.76. The van der Waals surface area contributed by atoms with Crippen LogP contribution in [0.3, 0.4) is 0 Å². The topological polar surface area (TPSA) is 37.4 Å². The first kappa shape index (κ1) is 19.5. The van der Waals surface area contributed by atoms with E-state index in [1.54, 1.807) is 23.1 Å². The van der Waals surface area contributed by atoms with Crippen LogP contribution in [-0.2, 0) is 9.59 Å². The van der Waals surface area contributed by atoms with Gasteiger partial charge in [-0.25, -0.2) is 0 Å². The number of amides is 1. The van der Waals surface area contributed by atoms with Crippen molar-refractivity contribution in [2.45, 2.75) is 38.5 Å². The average molecular weight is 435 g/mol. The Labute approximate surface area is 178 Å². The molecule has 1 aliphatic carbocycles.